The third kappa shape index (κ3) is 2.74. The Morgan fingerprint density at radius 3 is 2.23 bits per heavy atom. The van der Waals surface area contributed by atoms with E-state index in [9.17, 15) is 0 Å². The molecule has 0 saturated carbocycles. The number of hydrogen-bond donors (Lipinski definition) is 0. The minimum Gasteiger partial charge on any atom is -0.0795 e. The fraction of sp³-hybridized carbons (Fsp3) is 0.0476. The van der Waals surface area contributed by atoms with E-state index in [1.54, 1.807) is 0 Å². The molecule has 0 bridgehead atoms. The number of rotatable bonds is 2. The van der Waals surface area contributed by atoms with E-state index in [-0.39, 0.29) is 23.1 Å². The van der Waals surface area contributed by atoms with Crippen LogP contribution in [-0.4, -0.2) is 23.1 Å². The van der Waals surface area contributed by atoms with Gasteiger partial charge in [0.15, 0.2) is 0 Å². The van der Waals surface area contributed by atoms with Crippen LogP contribution in [0.5, 0.6) is 0 Å². The molecule has 0 saturated heterocycles. The number of allylic oxidation sites excluding steroid dienone is 1. The Bertz CT molecular complexity index is 816. The molecule has 1 heteroatoms. The normalized spacial score (nSPS) is 11.8. The Hall–Kier alpha value is -1.83. The summed E-state index contributed by atoms with van der Waals surface area (Å²) < 4.78 is 0. The van der Waals surface area contributed by atoms with Gasteiger partial charge in [0.05, 0.1) is 0 Å². The molecule has 0 heterocycles. The highest BCUT2D eigenvalue weighted by Gasteiger charge is 2.11. The van der Waals surface area contributed by atoms with Gasteiger partial charge in [-0.15, -0.1) is 0 Å². The average Bonchev–Trinajstić information content (AvgIpc) is 3.04. The predicted octanol–water partition coefficient (Wildman–Crippen LogP) is 4.67. The second-order valence-corrected chi connectivity index (χ2v) is 5.43. The van der Waals surface area contributed by atoms with Crippen LogP contribution in [0, 0.1) is 0 Å². The summed E-state index contributed by atoms with van der Waals surface area (Å²) in [7, 11) is 0. The second-order valence-electron chi connectivity index (χ2n) is 5.43. The predicted molar refractivity (Wildman–Crippen MR) is 98.6 cm³/mol. The van der Waals surface area contributed by atoms with Crippen LogP contribution in [-0.2, 0) is 6.42 Å². The van der Waals surface area contributed by atoms with E-state index < -0.39 is 0 Å². The molecule has 0 N–H and O–H groups in total. The Labute approximate surface area is 147 Å². The van der Waals surface area contributed by atoms with Gasteiger partial charge in [-0.3, -0.25) is 0 Å². The SMILES string of the molecule is C1=Cc2c(cccc2-c2cccc(-c3ccccc3)c2)C1.[MgH2]. The molecule has 0 atom stereocenters. The molecule has 1 aliphatic carbocycles. The Kier molecular flexibility index (Phi) is 4.46. The van der Waals surface area contributed by atoms with Gasteiger partial charge in [-0.25, -0.2) is 0 Å². The lowest BCUT2D eigenvalue weighted by Crippen LogP contribution is -1.87. The molecule has 4 rings (SSSR count). The molecule has 3 aromatic rings. The quantitative estimate of drug-likeness (QED) is 0.602. The van der Waals surface area contributed by atoms with Crippen molar-refractivity contribution in [3.63, 3.8) is 0 Å². The van der Waals surface area contributed by atoms with Gasteiger partial charge in [-0.1, -0.05) is 78.9 Å². The Balaban J connectivity index is 0.00000144. The van der Waals surface area contributed by atoms with Crippen molar-refractivity contribution < 1.29 is 0 Å². The van der Waals surface area contributed by atoms with Crippen LogP contribution in [0.15, 0.2) is 78.9 Å². The van der Waals surface area contributed by atoms with Crippen LogP contribution < -0.4 is 0 Å². The van der Waals surface area contributed by atoms with E-state index in [1.165, 1.54) is 33.4 Å². The molecule has 0 nitrogen and oxygen atoms in total. The molecule has 1 aliphatic rings. The standard InChI is InChI=1S/C21H16.Mg.2H/c1-2-7-16(8-3-1)18-11-4-12-19(15-18)21-14-6-10-17-9-5-13-20(17)21;;;/h1-8,10-15H,9H2;;;. The summed E-state index contributed by atoms with van der Waals surface area (Å²) in [6.07, 6.45) is 5.55. The molecule has 0 radical (unpaired) electrons. The first-order valence-corrected chi connectivity index (χ1v) is 7.36. The monoisotopic (exact) mass is 294 g/mol. The third-order valence-corrected chi connectivity index (χ3v) is 4.10. The van der Waals surface area contributed by atoms with Crippen molar-refractivity contribution in [3.8, 4) is 22.3 Å². The lowest BCUT2D eigenvalue weighted by Gasteiger charge is -2.10. The largest absolute Gasteiger partial charge is 0.316 e. The van der Waals surface area contributed by atoms with Crippen molar-refractivity contribution in [2.75, 3.05) is 0 Å². The first-order valence-electron chi connectivity index (χ1n) is 7.36. The highest BCUT2D eigenvalue weighted by Crippen LogP contribution is 2.33. The van der Waals surface area contributed by atoms with E-state index >= 15 is 0 Å². The van der Waals surface area contributed by atoms with Crippen molar-refractivity contribution in [1.82, 2.24) is 0 Å². The summed E-state index contributed by atoms with van der Waals surface area (Å²) in [5.74, 6) is 0. The molecule has 3 aromatic carbocycles. The maximum Gasteiger partial charge on any atom is 0.316 e. The molecule has 0 amide bonds. The summed E-state index contributed by atoms with van der Waals surface area (Å²) in [5.41, 5.74) is 7.97. The van der Waals surface area contributed by atoms with Gasteiger partial charge in [0, 0.05) is 0 Å². The van der Waals surface area contributed by atoms with Crippen LogP contribution >= 0.6 is 0 Å². The van der Waals surface area contributed by atoms with Gasteiger partial charge in [-0.05, 0) is 45.9 Å². The van der Waals surface area contributed by atoms with Crippen LogP contribution in [0.25, 0.3) is 28.3 Å². The van der Waals surface area contributed by atoms with Gasteiger partial charge < -0.3 is 0 Å². The van der Waals surface area contributed by atoms with E-state index in [2.05, 4.69) is 84.9 Å². The van der Waals surface area contributed by atoms with Crippen LogP contribution in [0.2, 0.25) is 0 Å². The van der Waals surface area contributed by atoms with Gasteiger partial charge >= 0.3 is 23.1 Å². The summed E-state index contributed by atoms with van der Waals surface area (Å²) in [6.45, 7) is 0. The van der Waals surface area contributed by atoms with Crippen LogP contribution in [0.1, 0.15) is 11.1 Å². The Morgan fingerprint density at radius 1 is 0.636 bits per heavy atom. The van der Waals surface area contributed by atoms with Crippen molar-refractivity contribution in [1.29, 1.82) is 0 Å². The molecule has 0 aromatic heterocycles. The number of hydrogen-bond acceptors (Lipinski definition) is 0. The fourth-order valence-corrected chi connectivity index (χ4v) is 3.04. The molecular weight excluding hydrogens is 277 g/mol. The molecule has 0 fully saturated rings. The minimum absolute atomic E-state index is 0. The minimum atomic E-state index is 0. The second kappa shape index (κ2) is 6.51. The highest BCUT2D eigenvalue weighted by molar-refractivity contribution is 5.81. The smallest absolute Gasteiger partial charge is 0.0795 e. The van der Waals surface area contributed by atoms with Crippen LogP contribution in [0.4, 0.5) is 0 Å². The summed E-state index contributed by atoms with van der Waals surface area (Å²) in [6, 6.07) is 26.0. The first-order chi connectivity index (χ1) is 10.4. The summed E-state index contributed by atoms with van der Waals surface area (Å²) >= 11 is 0. The molecule has 22 heavy (non-hydrogen) atoms. The Morgan fingerprint density at radius 2 is 1.36 bits per heavy atom. The van der Waals surface area contributed by atoms with E-state index in [4.69, 9.17) is 0 Å². The maximum atomic E-state index is 2.29. The third-order valence-electron chi connectivity index (χ3n) is 4.10. The van der Waals surface area contributed by atoms with Crippen molar-refractivity contribution in [3.05, 3.63) is 90.0 Å². The van der Waals surface area contributed by atoms with Crippen molar-refractivity contribution in [2.45, 2.75) is 6.42 Å². The average molecular weight is 295 g/mol. The zero-order chi connectivity index (χ0) is 14.1. The molecule has 0 spiro atoms. The zero-order valence-corrected chi connectivity index (χ0v) is 11.8. The highest BCUT2D eigenvalue weighted by atomic mass is 24.3. The molecule has 104 valence electrons. The molecule has 0 aliphatic heterocycles. The summed E-state index contributed by atoms with van der Waals surface area (Å²) in [5, 5.41) is 0. The number of fused-ring (bicyclic) bond motifs is 1. The lowest BCUT2D eigenvalue weighted by atomic mass is 9.94. The summed E-state index contributed by atoms with van der Waals surface area (Å²) in [4.78, 5) is 0. The molecule has 0 unspecified atom stereocenters. The fourth-order valence-electron chi connectivity index (χ4n) is 3.04. The van der Waals surface area contributed by atoms with E-state index in [1.807, 2.05) is 0 Å². The van der Waals surface area contributed by atoms with Crippen LogP contribution in [0.3, 0.4) is 0 Å². The van der Waals surface area contributed by atoms with Gasteiger partial charge in [-0.2, -0.15) is 0 Å². The molecular formula is C21H18Mg. The van der Waals surface area contributed by atoms with Crippen molar-refractivity contribution in [2.24, 2.45) is 0 Å². The van der Waals surface area contributed by atoms with Gasteiger partial charge in [0.1, 0.15) is 0 Å². The number of benzene rings is 3. The van der Waals surface area contributed by atoms with Crippen molar-refractivity contribution >= 4 is 29.1 Å². The lowest BCUT2D eigenvalue weighted by molar-refractivity contribution is 1.31. The van der Waals surface area contributed by atoms with Gasteiger partial charge in [0.25, 0.3) is 0 Å². The van der Waals surface area contributed by atoms with Gasteiger partial charge in [0.2, 0.25) is 0 Å². The van der Waals surface area contributed by atoms with E-state index in [0.717, 1.165) is 6.42 Å². The first kappa shape index (κ1) is 15.1. The topological polar surface area (TPSA) is 0 Å². The maximum absolute atomic E-state index is 2.29. The van der Waals surface area contributed by atoms with E-state index in [0.29, 0.717) is 0 Å². The zero-order valence-electron chi connectivity index (χ0n) is 11.8.